The van der Waals surface area contributed by atoms with Crippen LogP contribution in [0.2, 0.25) is 5.15 Å². The molecule has 0 aliphatic heterocycles. The Morgan fingerprint density at radius 2 is 2.32 bits per heavy atom. The molecule has 2 N–H and O–H groups in total. The third-order valence-corrected chi connectivity index (χ3v) is 3.03. The third kappa shape index (κ3) is 2.56. The van der Waals surface area contributed by atoms with E-state index >= 15 is 0 Å². The second kappa shape index (κ2) is 5.57. The van der Waals surface area contributed by atoms with Crippen LogP contribution in [0.15, 0.2) is 24.7 Å². The maximum Gasteiger partial charge on any atom is 0.273 e. The molecule has 9 heteroatoms. The van der Waals surface area contributed by atoms with Crippen molar-refractivity contribution >= 4 is 34.7 Å². The molecule has 112 valence electrons. The molecule has 0 atom stereocenters. The van der Waals surface area contributed by atoms with E-state index in [2.05, 4.69) is 25.5 Å². The number of fused-ring (bicyclic) bond motifs is 1. The van der Waals surface area contributed by atoms with E-state index in [9.17, 15) is 4.79 Å². The van der Waals surface area contributed by atoms with Gasteiger partial charge in [0.2, 0.25) is 0 Å². The van der Waals surface area contributed by atoms with Crippen LogP contribution >= 0.6 is 11.6 Å². The number of halogens is 1. The standard InChI is InChI=1S/C13H12ClN7O/c1-7-6-21-4-3-16-11(12(21)17-7)18-8-5-9(14)19-20-10(8)13(22)15-2/h3-6H,1-2H3,(H,15,22)(H,16,18,19)/i2D3. The van der Waals surface area contributed by atoms with Crippen LogP contribution in [0.3, 0.4) is 0 Å². The van der Waals surface area contributed by atoms with E-state index in [0.29, 0.717) is 11.5 Å². The molecule has 22 heavy (non-hydrogen) atoms. The van der Waals surface area contributed by atoms with Crippen molar-refractivity contribution in [3.05, 3.63) is 41.2 Å². The number of aromatic nitrogens is 5. The molecule has 0 radical (unpaired) electrons. The lowest BCUT2D eigenvalue weighted by molar-refractivity contribution is 0.0958. The molecule has 0 unspecified atom stereocenters. The molecule has 0 aliphatic carbocycles. The maximum absolute atomic E-state index is 12.2. The van der Waals surface area contributed by atoms with Crippen molar-refractivity contribution in [2.45, 2.75) is 6.92 Å². The number of amides is 1. The molecule has 0 saturated heterocycles. The zero-order valence-corrected chi connectivity index (χ0v) is 12.1. The fourth-order valence-corrected chi connectivity index (χ4v) is 2.10. The summed E-state index contributed by atoms with van der Waals surface area (Å²) in [5.41, 5.74) is 1.23. The minimum absolute atomic E-state index is 0.0272. The summed E-state index contributed by atoms with van der Waals surface area (Å²) in [6.45, 7) is -0.828. The molecule has 8 nitrogen and oxygen atoms in total. The number of anilines is 2. The predicted molar refractivity (Wildman–Crippen MR) is 81.4 cm³/mol. The van der Waals surface area contributed by atoms with E-state index in [-0.39, 0.29) is 16.5 Å². The highest BCUT2D eigenvalue weighted by Gasteiger charge is 2.16. The Kier molecular flexibility index (Phi) is 2.76. The molecule has 0 bridgehead atoms. The number of hydrogen-bond donors (Lipinski definition) is 2. The van der Waals surface area contributed by atoms with Crippen LogP contribution in [0.4, 0.5) is 11.5 Å². The van der Waals surface area contributed by atoms with Crippen LogP contribution in [0.25, 0.3) is 5.65 Å². The van der Waals surface area contributed by atoms with Crippen LogP contribution in [0.1, 0.15) is 20.3 Å². The van der Waals surface area contributed by atoms with Gasteiger partial charge < -0.3 is 15.0 Å². The Morgan fingerprint density at radius 3 is 3.14 bits per heavy atom. The van der Waals surface area contributed by atoms with Gasteiger partial charge in [0.05, 0.1) is 11.4 Å². The summed E-state index contributed by atoms with van der Waals surface area (Å²) < 4.78 is 23.2. The molecule has 3 aromatic heterocycles. The molecule has 0 aliphatic rings. The zero-order chi connectivity index (χ0) is 18.2. The van der Waals surface area contributed by atoms with Gasteiger partial charge >= 0.3 is 0 Å². The maximum atomic E-state index is 12.2. The second-order valence-electron chi connectivity index (χ2n) is 4.40. The van der Waals surface area contributed by atoms with Gasteiger partial charge in [-0.1, -0.05) is 11.6 Å². The Labute approximate surface area is 134 Å². The molecule has 3 heterocycles. The summed E-state index contributed by atoms with van der Waals surface area (Å²) in [5, 5.41) is 12.1. The number of imidazole rings is 1. The number of hydrogen-bond acceptors (Lipinski definition) is 6. The summed E-state index contributed by atoms with van der Waals surface area (Å²) in [5.74, 6) is -0.569. The predicted octanol–water partition coefficient (Wildman–Crippen LogP) is 1.58. The lowest BCUT2D eigenvalue weighted by Gasteiger charge is -2.10. The van der Waals surface area contributed by atoms with E-state index in [4.69, 9.17) is 15.7 Å². The number of rotatable bonds is 3. The van der Waals surface area contributed by atoms with E-state index in [1.165, 1.54) is 6.07 Å². The van der Waals surface area contributed by atoms with Gasteiger partial charge in [0.15, 0.2) is 22.3 Å². The molecular formula is C13H12ClN7O. The van der Waals surface area contributed by atoms with Crippen molar-refractivity contribution in [3.63, 3.8) is 0 Å². The summed E-state index contributed by atoms with van der Waals surface area (Å²) in [7, 11) is 0. The number of nitrogens with zero attached hydrogens (tertiary/aromatic N) is 5. The lowest BCUT2D eigenvalue weighted by atomic mass is 10.3. The van der Waals surface area contributed by atoms with Crippen molar-refractivity contribution in [2.75, 3.05) is 12.3 Å². The first-order valence-corrected chi connectivity index (χ1v) is 6.54. The number of nitrogens with one attached hydrogen (secondary N) is 2. The lowest BCUT2D eigenvalue weighted by Crippen LogP contribution is -2.21. The summed E-state index contributed by atoms with van der Waals surface area (Å²) in [4.78, 5) is 20.7. The SMILES string of the molecule is [2H]C([2H])([2H])NC(=O)c1nnc(Cl)cc1Nc1nccn2cc(C)nc12. The molecular weight excluding hydrogens is 306 g/mol. The van der Waals surface area contributed by atoms with Crippen molar-refractivity contribution < 1.29 is 8.91 Å². The molecule has 1 amide bonds. The van der Waals surface area contributed by atoms with Gasteiger partial charge in [-0.25, -0.2) is 9.97 Å². The minimum Gasteiger partial charge on any atom is -0.354 e. The van der Waals surface area contributed by atoms with Crippen LogP contribution in [0.5, 0.6) is 0 Å². The Balaban J connectivity index is 2.01. The minimum atomic E-state index is -2.66. The smallest absolute Gasteiger partial charge is 0.273 e. The quantitative estimate of drug-likeness (QED) is 0.760. The monoisotopic (exact) mass is 320 g/mol. The normalized spacial score (nSPS) is 13.3. The van der Waals surface area contributed by atoms with Crippen LogP contribution in [-0.2, 0) is 0 Å². The Morgan fingerprint density at radius 1 is 1.45 bits per heavy atom. The first-order chi connectivity index (χ1) is 11.7. The van der Waals surface area contributed by atoms with Crippen LogP contribution in [0, 0.1) is 6.92 Å². The molecule has 3 aromatic rings. The van der Waals surface area contributed by atoms with Crippen molar-refractivity contribution in [2.24, 2.45) is 0 Å². The molecule has 0 spiro atoms. The highest BCUT2D eigenvalue weighted by Crippen LogP contribution is 2.23. The topological polar surface area (TPSA) is 97.1 Å². The van der Waals surface area contributed by atoms with E-state index in [1.807, 2.05) is 18.4 Å². The fraction of sp³-hybridized carbons (Fsp3) is 0.154. The summed E-state index contributed by atoms with van der Waals surface area (Å²) in [6, 6.07) is 1.35. The zero-order valence-electron chi connectivity index (χ0n) is 14.3. The Hall–Kier alpha value is -2.74. The van der Waals surface area contributed by atoms with Crippen molar-refractivity contribution in [1.29, 1.82) is 0 Å². The van der Waals surface area contributed by atoms with Gasteiger partial charge in [0, 0.05) is 35.7 Å². The van der Waals surface area contributed by atoms with Gasteiger partial charge in [-0.05, 0) is 6.92 Å². The van der Waals surface area contributed by atoms with Gasteiger partial charge in [0.25, 0.3) is 5.91 Å². The summed E-state index contributed by atoms with van der Waals surface area (Å²) >= 11 is 5.85. The molecule has 0 aromatic carbocycles. The van der Waals surface area contributed by atoms with Crippen molar-refractivity contribution in [3.8, 4) is 0 Å². The van der Waals surface area contributed by atoms with E-state index in [0.717, 1.165) is 5.69 Å². The molecule has 0 fully saturated rings. The molecule has 0 saturated carbocycles. The van der Waals surface area contributed by atoms with Gasteiger partial charge in [-0.3, -0.25) is 4.79 Å². The molecule has 3 rings (SSSR count). The van der Waals surface area contributed by atoms with Crippen LogP contribution in [-0.4, -0.2) is 37.4 Å². The van der Waals surface area contributed by atoms with E-state index in [1.54, 1.807) is 16.8 Å². The number of carbonyl (C=O) groups is 1. The van der Waals surface area contributed by atoms with Gasteiger partial charge in [-0.2, -0.15) is 0 Å². The number of carbonyl (C=O) groups excluding carboxylic acids is 1. The number of aryl methyl sites for hydroxylation is 1. The van der Waals surface area contributed by atoms with Crippen molar-refractivity contribution in [1.82, 2.24) is 29.9 Å². The van der Waals surface area contributed by atoms with Gasteiger partial charge in [-0.15, -0.1) is 10.2 Å². The average molecular weight is 321 g/mol. The third-order valence-electron chi connectivity index (χ3n) is 2.84. The fourth-order valence-electron chi connectivity index (χ4n) is 1.95. The summed E-state index contributed by atoms with van der Waals surface area (Å²) in [6.07, 6.45) is 5.08. The highest BCUT2D eigenvalue weighted by atomic mass is 35.5. The highest BCUT2D eigenvalue weighted by molar-refractivity contribution is 6.29. The van der Waals surface area contributed by atoms with Crippen LogP contribution < -0.4 is 10.6 Å². The van der Waals surface area contributed by atoms with Gasteiger partial charge in [0.1, 0.15) is 0 Å². The Bertz CT molecular complexity index is 956. The first-order valence-electron chi connectivity index (χ1n) is 7.66. The largest absolute Gasteiger partial charge is 0.354 e. The first kappa shape index (κ1) is 10.9. The second-order valence-corrected chi connectivity index (χ2v) is 4.78. The average Bonchev–Trinajstić information content (AvgIpc) is 2.87. The van der Waals surface area contributed by atoms with E-state index < -0.39 is 12.9 Å².